The van der Waals surface area contributed by atoms with Crippen LogP contribution in [0.1, 0.15) is 32.4 Å². The number of phenolic OH excluding ortho intramolecular Hbond substituents is 1. The summed E-state index contributed by atoms with van der Waals surface area (Å²) in [6.07, 6.45) is 0. The van der Waals surface area contributed by atoms with Gasteiger partial charge in [0.25, 0.3) is 0 Å². The van der Waals surface area contributed by atoms with Crippen molar-refractivity contribution >= 4 is 15.9 Å². The van der Waals surface area contributed by atoms with Gasteiger partial charge in [-0.3, -0.25) is 0 Å². The third-order valence-electron chi connectivity index (χ3n) is 2.29. The van der Waals surface area contributed by atoms with E-state index in [1.165, 1.54) is 0 Å². The standard InChI is InChI=1S/C12H18BrNO/c1-8(2)7-14-9(3)11-6-10(13)4-5-12(11)15/h4-6,8-9,14-15H,7H2,1-3H3. The second-order valence-electron chi connectivity index (χ2n) is 4.23. The van der Waals surface area contributed by atoms with Crippen molar-refractivity contribution in [3.63, 3.8) is 0 Å². The molecular formula is C12H18BrNO. The maximum atomic E-state index is 9.71. The van der Waals surface area contributed by atoms with Crippen molar-refractivity contribution in [2.45, 2.75) is 26.8 Å². The highest BCUT2D eigenvalue weighted by Crippen LogP contribution is 2.27. The van der Waals surface area contributed by atoms with E-state index >= 15 is 0 Å². The largest absolute Gasteiger partial charge is 0.508 e. The summed E-state index contributed by atoms with van der Waals surface area (Å²) in [4.78, 5) is 0. The van der Waals surface area contributed by atoms with Crippen molar-refractivity contribution in [3.05, 3.63) is 28.2 Å². The molecule has 0 aromatic heterocycles. The molecule has 0 radical (unpaired) electrons. The molecule has 0 aliphatic carbocycles. The minimum atomic E-state index is 0.171. The maximum absolute atomic E-state index is 9.71. The number of halogens is 1. The summed E-state index contributed by atoms with van der Waals surface area (Å²) < 4.78 is 0.994. The van der Waals surface area contributed by atoms with Crippen molar-refractivity contribution in [2.75, 3.05) is 6.54 Å². The normalized spacial score (nSPS) is 13.1. The Labute approximate surface area is 99.8 Å². The number of benzene rings is 1. The molecule has 0 amide bonds. The first-order valence-corrected chi connectivity index (χ1v) is 6.01. The van der Waals surface area contributed by atoms with E-state index in [4.69, 9.17) is 0 Å². The zero-order chi connectivity index (χ0) is 11.4. The van der Waals surface area contributed by atoms with E-state index in [1.54, 1.807) is 6.07 Å². The lowest BCUT2D eigenvalue weighted by molar-refractivity contribution is 0.442. The molecule has 0 fully saturated rings. The van der Waals surface area contributed by atoms with Crippen molar-refractivity contribution in [3.8, 4) is 5.75 Å². The average Bonchev–Trinajstić information content (AvgIpc) is 2.18. The molecule has 2 N–H and O–H groups in total. The first kappa shape index (κ1) is 12.5. The molecule has 1 rings (SSSR count). The van der Waals surface area contributed by atoms with Crippen molar-refractivity contribution < 1.29 is 5.11 Å². The predicted molar refractivity (Wildman–Crippen MR) is 67.1 cm³/mol. The Morgan fingerprint density at radius 3 is 2.60 bits per heavy atom. The molecule has 3 heteroatoms. The fourth-order valence-corrected chi connectivity index (χ4v) is 1.77. The molecule has 84 valence electrons. The number of phenols is 1. The predicted octanol–water partition coefficient (Wildman–Crippen LogP) is 3.46. The van der Waals surface area contributed by atoms with Gasteiger partial charge in [0.1, 0.15) is 5.75 Å². The second-order valence-corrected chi connectivity index (χ2v) is 5.14. The van der Waals surface area contributed by atoms with Gasteiger partial charge in [0.2, 0.25) is 0 Å². The van der Waals surface area contributed by atoms with Gasteiger partial charge in [-0.05, 0) is 37.6 Å². The number of rotatable bonds is 4. The minimum Gasteiger partial charge on any atom is -0.508 e. The highest BCUT2D eigenvalue weighted by atomic mass is 79.9. The molecule has 2 nitrogen and oxygen atoms in total. The SMILES string of the molecule is CC(C)CNC(C)c1cc(Br)ccc1O. The van der Waals surface area contributed by atoms with Crippen LogP contribution in [0.25, 0.3) is 0 Å². The quantitative estimate of drug-likeness (QED) is 0.879. The van der Waals surface area contributed by atoms with Crippen LogP contribution in [0, 0.1) is 5.92 Å². The number of hydrogen-bond donors (Lipinski definition) is 2. The number of aromatic hydroxyl groups is 1. The van der Waals surface area contributed by atoms with E-state index < -0.39 is 0 Å². The molecule has 0 saturated carbocycles. The summed E-state index contributed by atoms with van der Waals surface area (Å²) in [5.74, 6) is 0.962. The molecule has 15 heavy (non-hydrogen) atoms. The topological polar surface area (TPSA) is 32.3 Å². The summed E-state index contributed by atoms with van der Waals surface area (Å²) in [6.45, 7) is 7.35. The van der Waals surface area contributed by atoms with Gasteiger partial charge >= 0.3 is 0 Å². The fraction of sp³-hybridized carbons (Fsp3) is 0.500. The van der Waals surface area contributed by atoms with Gasteiger partial charge in [0, 0.05) is 16.1 Å². The third-order valence-corrected chi connectivity index (χ3v) is 2.78. The summed E-state index contributed by atoms with van der Waals surface area (Å²) >= 11 is 3.41. The third kappa shape index (κ3) is 3.84. The van der Waals surface area contributed by atoms with Crippen LogP contribution in [0.15, 0.2) is 22.7 Å². The Bertz CT molecular complexity index is 325. The van der Waals surface area contributed by atoms with Crippen molar-refractivity contribution in [1.82, 2.24) is 5.32 Å². The van der Waals surface area contributed by atoms with E-state index in [-0.39, 0.29) is 6.04 Å². The fourth-order valence-electron chi connectivity index (χ4n) is 1.39. The van der Waals surface area contributed by atoms with Gasteiger partial charge in [0.15, 0.2) is 0 Å². The van der Waals surface area contributed by atoms with Crippen LogP contribution in [-0.2, 0) is 0 Å². The molecule has 0 saturated heterocycles. The Morgan fingerprint density at radius 2 is 2.00 bits per heavy atom. The zero-order valence-electron chi connectivity index (χ0n) is 9.42. The lowest BCUT2D eigenvalue weighted by Gasteiger charge is -2.17. The van der Waals surface area contributed by atoms with Crippen molar-refractivity contribution in [1.29, 1.82) is 0 Å². The molecule has 1 aromatic carbocycles. The van der Waals surface area contributed by atoms with E-state index in [2.05, 4.69) is 42.0 Å². The van der Waals surface area contributed by atoms with Crippen LogP contribution >= 0.6 is 15.9 Å². The van der Waals surface area contributed by atoms with Crippen LogP contribution in [-0.4, -0.2) is 11.7 Å². The van der Waals surface area contributed by atoms with Gasteiger partial charge in [-0.15, -0.1) is 0 Å². The first-order valence-electron chi connectivity index (χ1n) is 5.22. The minimum absolute atomic E-state index is 0.171. The molecule has 0 bridgehead atoms. The van der Waals surface area contributed by atoms with Gasteiger partial charge in [-0.2, -0.15) is 0 Å². The van der Waals surface area contributed by atoms with E-state index in [1.807, 2.05) is 12.1 Å². The maximum Gasteiger partial charge on any atom is 0.120 e. The summed E-state index contributed by atoms with van der Waals surface area (Å²) in [5.41, 5.74) is 0.935. The van der Waals surface area contributed by atoms with E-state index in [0.29, 0.717) is 11.7 Å². The Morgan fingerprint density at radius 1 is 1.33 bits per heavy atom. The Balaban J connectivity index is 2.72. The highest BCUT2D eigenvalue weighted by Gasteiger charge is 2.10. The number of nitrogens with one attached hydrogen (secondary N) is 1. The van der Waals surface area contributed by atoms with E-state index in [9.17, 15) is 5.11 Å². The van der Waals surface area contributed by atoms with Crippen LogP contribution in [0.3, 0.4) is 0 Å². The van der Waals surface area contributed by atoms with Crippen LogP contribution < -0.4 is 5.32 Å². The van der Waals surface area contributed by atoms with Gasteiger partial charge < -0.3 is 10.4 Å². The van der Waals surface area contributed by atoms with Gasteiger partial charge in [-0.1, -0.05) is 29.8 Å². The first-order chi connectivity index (χ1) is 7.00. The Kier molecular flexibility index (Phi) is 4.61. The lowest BCUT2D eigenvalue weighted by Crippen LogP contribution is -2.23. The summed E-state index contributed by atoms with van der Waals surface area (Å²) in [5, 5.41) is 13.1. The van der Waals surface area contributed by atoms with Gasteiger partial charge in [-0.25, -0.2) is 0 Å². The van der Waals surface area contributed by atoms with E-state index in [0.717, 1.165) is 16.6 Å². The summed E-state index contributed by atoms with van der Waals surface area (Å²) in [6, 6.07) is 5.68. The smallest absolute Gasteiger partial charge is 0.120 e. The zero-order valence-corrected chi connectivity index (χ0v) is 11.0. The van der Waals surface area contributed by atoms with Crippen LogP contribution in [0.5, 0.6) is 5.75 Å². The van der Waals surface area contributed by atoms with Crippen LogP contribution in [0.4, 0.5) is 0 Å². The highest BCUT2D eigenvalue weighted by molar-refractivity contribution is 9.10. The van der Waals surface area contributed by atoms with Crippen molar-refractivity contribution in [2.24, 2.45) is 5.92 Å². The molecule has 1 unspecified atom stereocenters. The molecule has 1 atom stereocenters. The number of hydrogen-bond acceptors (Lipinski definition) is 2. The molecule has 0 aliphatic heterocycles. The molecular weight excluding hydrogens is 254 g/mol. The lowest BCUT2D eigenvalue weighted by atomic mass is 10.1. The van der Waals surface area contributed by atoms with Crippen LogP contribution in [0.2, 0.25) is 0 Å². The molecule has 0 spiro atoms. The average molecular weight is 272 g/mol. The molecule has 0 aliphatic rings. The second kappa shape index (κ2) is 5.52. The Hall–Kier alpha value is -0.540. The molecule has 0 heterocycles. The monoisotopic (exact) mass is 271 g/mol. The molecule has 1 aromatic rings. The van der Waals surface area contributed by atoms with Gasteiger partial charge in [0.05, 0.1) is 0 Å². The summed E-state index contributed by atoms with van der Waals surface area (Å²) in [7, 11) is 0.